The van der Waals surface area contributed by atoms with Crippen LogP contribution < -0.4 is 15.8 Å². The van der Waals surface area contributed by atoms with Crippen molar-refractivity contribution in [2.45, 2.75) is 32.3 Å². The number of primary amides is 1. The molecule has 0 unspecified atom stereocenters. The molecular weight excluding hydrogens is 272 g/mol. The maximum atomic E-state index is 12.2. The summed E-state index contributed by atoms with van der Waals surface area (Å²) in [7, 11) is 1.52. The van der Waals surface area contributed by atoms with Gasteiger partial charge >= 0.3 is 0 Å². The molecule has 1 atom stereocenters. The molecule has 0 bridgehead atoms. The molecule has 2 amide bonds. The fraction of sp³-hybridized carbons (Fsp3) is 0.467. The number of carbonyl (C=O) groups excluding carboxylic acids is 2. The molecule has 0 radical (unpaired) electrons. The summed E-state index contributed by atoms with van der Waals surface area (Å²) >= 11 is 0. The molecule has 0 aliphatic heterocycles. The van der Waals surface area contributed by atoms with Crippen LogP contribution in [0.3, 0.4) is 0 Å². The van der Waals surface area contributed by atoms with Gasteiger partial charge in [0.25, 0.3) is 11.8 Å². The maximum Gasteiger partial charge on any atom is 0.256 e. The zero-order chi connectivity index (χ0) is 15.9. The van der Waals surface area contributed by atoms with Crippen LogP contribution in [0.4, 0.5) is 5.69 Å². The van der Waals surface area contributed by atoms with Crippen molar-refractivity contribution in [2.75, 3.05) is 19.0 Å². The van der Waals surface area contributed by atoms with E-state index >= 15 is 0 Å². The van der Waals surface area contributed by atoms with Crippen molar-refractivity contribution in [1.29, 1.82) is 0 Å². The lowest BCUT2D eigenvalue weighted by molar-refractivity contribution is -0.136. The van der Waals surface area contributed by atoms with Crippen molar-refractivity contribution in [3.05, 3.63) is 24.3 Å². The van der Waals surface area contributed by atoms with Crippen LogP contribution in [-0.2, 0) is 14.3 Å². The van der Waals surface area contributed by atoms with Crippen LogP contribution in [0.15, 0.2) is 24.3 Å². The smallest absolute Gasteiger partial charge is 0.256 e. The Morgan fingerprint density at radius 1 is 1.29 bits per heavy atom. The molecule has 0 saturated carbocycles. The van der Waals surface area contributed by atoms with E-state index in [1.54, 1.807) is 31.2 Å². The molecule has 116 valence electrons. The minimum atomic E-state index is -0.851. The van der Waals surface area contributed by atoms with Crippen LogP contribution in [0.5, 0.6) is 5.75 Å². The van der Waals surface area contributed by atoms with Crippen molar-refractivity contribution in [2.24, 2.45) is 5.73 Å². The van der Waals surface area contributed by atoms with Gasteiger partial charge in [0.05, 0.1) is 0 Å². The molecule has 6 nitrogen and oxygen atoms in total. The summed E-state index contributed by atoms with van der Waals surface area (Å²) in [5, 5.41) is 2.80. The van der Waals surface area contributed by atoms with E-state index in [4.69, 9.17) is 15.2 Å². The van der Waals surface area contributed by atoms with Crippen LogP contribution in [0.2, 0.25) is 0 Å². The molecule has 21 heavy (non-hydrogen) atoms. The van der Waals surface area contributed by atoms with Crippen molar-refractivity contribution >= 4 is 17.5 Å². The van der Waals surface area contributed by atoms with E-state index in [2.05, 4.69) is 5.32 Å². The Hall–Kier alpha value is -2.08. The lowest BCUT2D eigenvalue weighted by atomic mass is 9.99. The Kier molecular flexibility index (Phi) is 6.17. The normalized spacial score (nSPS) is 13.3. The minimum Gasteiger partial charge on any atom is -0.484 e. The van der Waals surface area contributed by atoms with E-state index in [0.717, 1.165) is 6.42 Å². The standard InChI is InChI=1S/C15H22N2O4/c1-4-9-15(2,20-3)14(19)17-11-5-7-12(8-6-11)21-10-13(16)18/h5-8H,4,9-10H2,1-3H3,(H2,16,18)(H,17,19)/t15-/m1/s1. The van der Waals surface area contributed by atoms with Crippen molar-refractivity contribution in [3.63, 3.8) is 0 Å². The molecular formula is C15H22N2O4. The fourth-order valence-corrected chi connectivity index (χ4v) is 1.84. The highest BCUT2D eigenvalue weighted by molar-refractivity contribution is 5.97. The molecule has 1 aromatic carbocycles. The summed E-state index contributed by atoms with van der Waals surface area (Å²) in [5.74, 6) is -0.227. The number of methoxy groups -OCH3 is 1. The molecule has 1 aromatic rings. The first-order valence-corrected chi connectivity index (χ1v) is 6.79. The monoisotopic (exact) mass is 294 g/mol. The van der Waals surface area contributed by atoms with Gasteiger partial charge < -0.3 is 20.5 Å². The second-order valence-corrected chi connectivity index (χ2v) is 4.92. The van der Waals surface area contributed by atoms with E-state index < -0.39 is 11.5 Å². The topological polar surface area (TPSA) is 90.7 Å². The zero-order valence-corrected chi connectivity index (χ0v) is 12.6. The lowest BCUT2D eigenvalue weighted by Gasteiger charge is -2.26. The number of hydrogen-bond donors (Lipinski definition) is 2. The molecule has 0 aromatic heterocycles. The summed E-state index contributed by atoms with van der Waals surface area (Å²) in [6.07, 6.45) is 1.48. The van der Waals surface area contributed by atoms with Crippen molar-refractivity contribution in [1.82, 2.24) is 0 Å². The highest BCUT2D eigenvalue weighted by Crippen LogP contribution is 2.21. The molecule has 1 rings (SSSR count). The second-order valence-electron chi connectivity index (χ2n) is 4.92. The van der Waals surface area contributed by atoms with Gasteiger partial charge in [0.2, 0.25) is 0 Å². The van der Waals surface area contributed by atoms with Gasteiger partial charge in [0.1, 0.15) is 11.4 Å². The number of benzene rings is 1. The van der Waals surface area contributed by atoms with E-state index in [1.807, 2.05) is 6.92 Å². The minimum absolute atomic E-state index is 0.177. The van der Waals surface area contributed by atoms with Crippen molar-refractivity contribution < 1.29 is 19.1 Å². The molecule has 0 fully saturated rings. The number of amides is 2. The number of hydrogen-bond acceptors (Lipinski definition) is 4. The van der Waals surface area contributed by atoms with Gasteiger partial charge in [-0.05, 0) is 37.6 Å². The Labute approximate surface area is 124 Å². The number of ether oxygens (including phenoxy) is 2. The lowest BCUT2D eigenvalue weighted by Crippen LogP contribution is -2.41. The van der Waals surface area contributed by atoms with Crippen LogP contribution >= 0.6 is 0 Å². The number of rotatable bonds is 8. The molecule has 0 aliphatic rings. The number of anilines is 1. The third kappa shape index (κ3) is 5.07. The van der Waals surface area contributed by atoms with E-state index in [9.17, 15) is 9.59 Å². The first kappa shape index (κ1) is 17.0. The summed E-state index contributed by atoms with van der Waals surface area (Å²) in [6.45, 7) is 3.58. The number of nitrogens with one attached hydrogen (secondary N) is 1. The summed E-state index contributed by atoms with van der Waals surface area (Å²) in [5.41, 5.74) is 4.77. The molecule has 6 heteroatoms. The first-order chi connectivity index (χ1) is 9.91. The van der Waals surface area contributed by atoms with E-state index in [1.165, 1.54) is 7.11 Å². The maximum absolute atomic E-state index is 12.2. The fourth-order valence-electron chi connectivity index (χ4n) is 1.84. The Morgan fingerprint density at radius 3 is 2.38 bits per heavy atom. The van der Waals surface area contributed by atoms with Gasteiger partial charge in [0.15, 0.2) is 6.61 Å². The predicted molar refractivity (Wildman–Crippen MR) is 80.1 cm³/mol. The average molecular weight is 294 g/mol. The van der Waals surface area contributed by atoms with Gasteiger partial charge in [-0.15, -0.1) is 0 Å². The molecule has 0 saturated heterocycles. The average Bonchev–Trinajstić information content (AvgIpc) is 2.46. The van der Waals surface area contributed by atoms with Gasteiger partial charge in [-0.2, -0.15) is 0 Å². The summed E-state index contributed by atoms with van der Waals surface area (Å²) < 4.78 is 10.5. The zero-order valence-electron chi connectivity index (χ0n) is 12.6. The van der Waals surface area contributed by atoms with Crippen LogP contribution in [0, 0.1) is 0 Å². The SMILES string of the molecule is CCC[C@@](C)(OC)C(=O)Nc1ccc(OCC(N)=O)cc1. The van der Waals surface area contributed by atoms with Gasteiger partial charge in [-0.1, -0.05) is 13.3 Å². The van der Waals surface area contributed by atoms with Crippen LogP contribution in [0.25, 0.3) is 0 Å². The quantitative estimate of drug-likeness (QED) is 0.763. The summed E-state index contributed by atoms with van der Waals surface area (Å²) in [4.78, 5) is 22.8. The summed E-state index contributed by atoms with van der Waals surface area (Å²) in [6, 6.07) is 6.69. The van der Waals surface area contributed by atoms with Crippen LogP contribution in [0.1, 0.15) is 26.7 Å². The molecule has 0 heterocycles. The van der Waals surface area contributed by atoms with Crippen molar-refractivity contribution in [3.8, 4) is 5.75 Å². The van der Waals surface area contributed by atoms with Gasteiger partial charge in [-0.25, -0.2) is 0 Å². The Balaban J connectivity index is 2.66. The highest BCUT2D eigenvalue weighted by Gasteiger charge is 2.31. The number of nitrogens with two attached hydrogens (primary N) is 1. The van der Waals surface area contributed by atoms with Gasteiger partial charge in [-0.3, -0.25) is 9.59 Å². The third-order valence-corrected chi connectivity index (χ3v) is 3.15. The highest BCUT2D eigenvalue weighted by atomic mass is 16.5. The predicted octanol–water partition coefficient (Wildman–Crippen LogP) is 1.69. The first-order valence-electron chi connectivity index (χ1n) is 6.79. The Bertz CT molecular complexity index is 487. The molecule has 0 spiro atoms. The van der Waals surface area contributed by atoms with E-state index in [-0.39, 0.29) is 12.5 Å². The number of carbonyl (C=O) groups is 2. The van der Waals surface area contributed by atoms with E-state index in [0.29, 0.717) is 17.9 Å². The molecule has 3 N–H and O–H groups in total. The third-order valence-electron chi connectivity index (χ3n) is 3.15. The second kappa shape index (κ2) is 7.64. The largest absolute Gasteiger partial charge is 0.484 e. The Morgan fingerprint density at radius 2 is 1.90 bits per heavy atom. The van der Waals surface area contributed by atoms with Gasteiger partial charge in [0, 0.05) is 12.8 Å². The van der Waals surface area contributed by atoms with Crippen LogP contribution in [-0.4, -0.2) is 31.1 Å². The molecule has 0 aliphatic carbocycles.